The molecule has 2 heterocycles. The highest BCUT2D eigenvalue weighted by Crippen LogP contribution is 2.71. The zero-order chi connectivity index (χ0) is 14.3. The molecule has 3 N–H and O–H groups in total. The van der Waals surface area contributed by atoms with Gasteiger partial charge in [-0.25, -0.2) is 0 Å². The third-order valence-corrected chi connectivity index (χ3v) is 6.45. The lowest BCUT2D eigenvalue weighted by atomic mass is 9.51. The van der Waals surface area contributed by atoms with Gasteiger partial charge in [0.15, 0.2) is 0 Å². The van der Waals surface area contributed by atoms with E-state index in [9.17, 15) is 15.3 Å². The highest BCUT2D eigenvalue weighted by molar-refractivity contribution is 5.33. The number of rotatable bonds is 1. The molecule has 0 aromatic heterocycles. The van der Waals surface area contributed by atoms with E-state index < -0.39 is 28.6 Å². The van der Waals surface area contributed by atoms with Crippen LogP contribution in [0.1, 0.15) is 26.7 Å². The zero-order valence-electron chi connectivity index (χ0n) is 11.9. The minimum Gasteiger partial charge on any atom is -0.396 e. The van der Waals surface area contributed by atoms with Crippen LogP contribution in [0.15, 0.2) is 11.6 Å². The molecule has 4 rings (SSSR count). The van der Waals surface area contributed by atoms with Gasteiger partial charge in [-0.15, -0.1) is 0 Å². The van der Waals surface area contributed by atoms with E-state index in [1.807, 2.05) is 19.9 Å². The summed E-state index contributed by atoms with van der Waals surface area (Å²) in [5.41, 5.74) is -0.738. The molecule has 3 fully saturated rings. The van der Waals surface area contributed by atoms with Crippen LogP contribution in [0.3, 0.4) is 0 Å². The highest BCUT2D eigenvalue weighted by Gasteiger charge is 2.82. The zero-order valence-corrected chi connectivity index (χ0v) is 11.9. The Balaban J connectivity index is 1.91. The quantitative estimate of drug-likeness (QED) is 0.465. The molecule has 2 aliphatic heterocycles. The molecule has 0 amide bonds. The first-order valence-corrected chi connectivity index (χ1v) is 7.35. The summed E-state index contributed by atoms with van der Waals surface area (Å²) in [5.74, 6) is 0. The molecule has 0 aromatic carbocycles. The number of hydrogen-bond donors (Lipinski definition) is 3. The molecular weight excluding hydrogens is 260 g/mol. The minimum absolute atomic E-state index is 0.163. The second-order valence-electron chi connectivity index (χ2n) is 7.19. The summed E-state index contributed by atoms with van der Waals surface area (Å²) in [6, 6.07) is 0. The molecule has 2 bridgehead atoms. The van der Waals surface area contributed by atoms with Gasteiger partial charge in [0.25, 0.3) is 0 Å². The van der Waals surface area contributed by atoms with E-state index in [-0.39, 0.29) is 18.8 Å². The summed E-state index contributed by atoms with van der Waals surface area (Å²) >= 11 is 0. The van der Waals surface area contributed by atoms with Gasteiger partial charge < -0.3 is 24.8 Å². The van der Waals surface area contributed by atoms with Crippen LogP contribution in [-0.4, -0.2) is 58.6 Å². The predicted molar refractivity (Wildman–Crippen MR) is 70.0 cm³/mol. The van der Waals surface area contributed by atoms with Gasteiger partial charge in [0.1, 0.15) is 11.7 Å². The Labute approximate surface area is 118 Å². The Morgan fingerprint density at radius 2 is 2.10 bits per heavy atom. The summed E-state index contributed by atoms with van der Waals surface area (Å²) in [4.78, 5) is 0. The van der Waals surface area contributed by atoms with E-state index in [4.69, 9.17) is 9.47 Å². The third kappa shape index (κ3) is 1.15. The molecule has 7 atom stereocenters. The van der Waals surface area contributed by atoms with E-state index in [1.54, 1.807) is 0 Å². The lowest BCUT2D eigenvalue weighted by Crippen LogP contribution is -2.68. The van der Waals surface area contributed by atoms with Crippen molar-refractivity contribution >= 4 is 0 Å². The molecular formula is C15H22O5. The number of ether oxygens (including phenoxy) is 2. The minimum atomic E-state index is -0.795. The number of aliphatic hydroxyl groups excluding tert-OH is 3. The Bertz CT molecular complexity index is 485. The van der Waals surface area contributed by atoms with Crippen LogP contribution in [0.25, 0.3) is 0 Å². The summed E-state index contributed by atoms with van der Waals surface area (Å²) in [6.07, 6.45) is 1.04. The number of fused-ring (bicyclic) bond motifs is 2. The van der Waals surface area contributed by atoms with Crippen molar-refractivity contribution in [2.45, 2.75) is 56.7 Å². The highest BCUT2D eigenvalue weighted by atomic mass is 16.6. The van der Waals surface area contributed by atoms with Crippen molar-refractivity contribution < 1.29 is 24.8 Å². The van der Waals surface area contributed by atoms with Gasteiger partial charge in [0, 0.05) is 5.41 Å². The first kappa shape index (κ1) is 13.2. The van der Waals surface area contributed by atoms with Crippen LogP contribution in [0.4, 0.5) is 0 Å². The van der Waals surface area contributed by atoms with E-state index in [0.717, 1.165) is 5.57 Å². The van der Waals surface area contributed by atoms with Gasteiger partial charge in [-0.3, -0.25) is 0 Å². The van der Waals surface area contributed by atoms with Crippen LogP contribution in [-0.2, 0) is 9.47 Å². The fourth-order valence-corrected chi connectivity index (χ4v) is 5.19. The Kier molecular flexibility index (Phi) is 2.41. The summed E-state index contributed by atoms with van der Waals surface area (Å²) in [7, 11) is 0. The van der Waals surface area contributed by atoms with Gasteiger partial charge in [0.05, 0.1) is 36.9 Å². The van der Waals surface area contributed by atoms with Gasteiger partial charge in [-0.1, -0.05) is 18.6 Å². The van der Waals surface area contributed by atoms with Gasteiger partial charge in [-0.05, 0) is 19.8 Å². The van der Waals surface area contributed by atoms with Crippen molar-refractivity contribution in [1.82, 2.24) is 0 Å². The largest absolute Gasteiger partial charge is 0.396 e. The van der Waals surface area contributed by atoms with E-state index in [1.165, 1.54) is 0 Å². The standard InChI is InChI=1S/C15H22O5/c1-8-3-10(18)14(6-16)11(4-8)20-12-9(17)5-13(14,2)15(12)7-19-15/h4,9-12,16-18H,3,5-7H2,1-2H3/t9-,10-,11-,12?,13-,14+,15?/m1/s1. The molecule has 5 nitrogen and oxygen atoms in total. The maximum atomic E-state index is 10.7. The lowest BCUT2D eigenvalue weighted by molar-refractivity contribution is -0.248. The van der Waals surface area contributed by atoms with E-state index in [0.29, 0.717) is 19.4 Å². The molecule has 0 aromatic rings. The SMILES string of the molecule is CC1=C[C@H]2OC3[C@H](O)C[C@@](C)(C34CO4)[C@@]2(CO)[C@H](O)C1. The van der Waals surface area contributed by atoms with E-state index in [2.05, 4.69) is 0 Å². The Morgan fingerprint density at radius 1 is 1.40 bits per heavy atom. The normalized spacial score (nSPS) is 60.4. The van der Waals surface area contributed by atoms with Crippen molar-refractivity contribution in [3.8, 4) is 0 Å². The molecule has 112 valence electrons. The first-order chi connectivity index (χ1) is 9.41. The molecule has 1 spiro atoms. The fraction of sp³-hybridized carbons (Fsp3) is 0.867. The Hall–Kier alpha value is -0.460. The predicted octanol–water partition coefficient (Wildman–Crippen LogP) is -0.0167. The smallest absolute Gasteiger partial charge is 0.126 e. The van der Waals surface area contributed by atoms with Crippen LogP contribution in [0.2, 0.25) is 0 Å². The first-order valence-electron chi connectivity index (χ1n) is 7.35. The van der Waals surface area contributed by atoms with Crippen molar-refractivity contribution in [3.05, 3.63) is 11.6 Å². The summed E-state index contributed by atoms with van der Waals surface area (Å²) < 4.78 is 11.8. The average Bonchev–Trinajstić information content (AvgIpc) is 3.12. The third-order valence-electron chi connectivity index (χ3n) is 6.45. The monoisotopic (exact) mass is 282 g/mol. The van der Waals surface area contributed by atoms with Crippen molar-refractivity contribution in [2.24, 2.45) is 10.8 Å². The molecule has 5 heteroatoms. The molecule has 0 radical (unpaired) electrons. The lowest BCUT2D eigenvalue weighted by Gasteiger charge is -2.59. The number of epoxide rings is 1. The molecule has 20 heavy (non-hydrogen) atoms. The topological polar surface area (TPSA) is 82.5 Å². The fourth-order valence-electron chi connectivity index (χ4n) is 5.19. The summed E-state index contributed by atoms with van der Waals surface area (Å²) in [5, 5.41) is 31.3. The summed E-state index contributed by atoms with van der Waals surface area (Å²) in [6.45, 7) is 4.37. The molecule has 2 unspecified atom stereocenters. The Morgan fingerprint density at radius 3 is 2.70 bits per heavy atom. The van der Waals surface area contributed by atoms with Gasteiger partial charge in [0.2, 0.25) is 0 Å². The van der Waals surface area contributed by atoms with Crippen LogP contribution in [0, 0.1) is 10.8 Å². The second-order valence-corrected chi connectivity index (χ2v) is 7.19. The second kappa shape index (κ2) is 3.65. The van der Waals surface area contributed by atoms with Gasteiger partial charge >= 0.3 is 0 Å². The molecule has 2 aliphatic carbocycles. The van der Waals surface area contributed by atoms with Crippen molar-refractivity contribution in [3.63, 3.8) is 0 Å². The van der Waals surface area contributed by atoms with E-state index >= 15 is 0 Å². The molecule has 1 saturated carbocycles. The van der Waals surface area contributed by atoms with Crippen molar-refractivity contribution in [1.29, 1.82) is 0 Å². The molecule has 2 saturated heterocycles. The van der Waals surface area contributed by atoms with Crippen LogP contribution >= 0.6 is 0 Å². The molecule has 4 aliphatic rings. The maximum Gasteiger partial charge on any atom is 0.126 e. The maximum absolute atomic E-state index is 10.7. The average molecular weight is 282 g/mol. The van der Waals surface area contributed by atoms with Crippen LogP contribution in [0.5, 0.6) is 0 Å². The number of aliphatic hydroxyl groups is 3. The number of hydrogen-bond acceptors (Lipinski definition) is 5. The van der Waals surface area contributed by atoms with Gasteiger partial charge in [-0.2, -0.15) is 0 Å². The van der Waals surface area contributed by atoms with Crippen molar-refractivity contribution in [2.75, 3.05) is 13.2 Å². The van der Waals surface area contributed by atoms with Crippen LogP contribution < -0.4 is 0 Å².